The molecule has 0 bridgehead atoms. The first-order valence-corrected chi connectivity index (χ1v) is 10.7. The lowest BCUT2D eigenvalue weighted by atomic mass is 10.0. The van der Waals surface area contributed by atoms with Crippen LogP contribution in [0.3, 0.4) is 0 Å². The minimum atomic E-state index is -0.882. The average molecular weight is 441 g/mol. The zero-order chi connectivity index (χ0) is 22.8. The standard InChI is InChI=1S/C26H21F2N5/c1-16-5-2-7-19(31-16)15-30-26-21-13-17(20-8-3-9-22(27)24(20)28)10-11-23(21)32-25(33-26)18-6-4-12-29-14-18/h2-6,8-14,19H,7,15H2,1H3,(H,30,32,33). The van der Waals surface area contributed by atoms with E-state index in [1.807, 2.05) is 25.1 Å². The lowest BCUT2D eigenvalue weighted by Gasteiger charge is -2.17. The number of dihydropyridines is 1. The highest BCUT2D eigenvalue weighted by Crippen LogP contribution is 2.31. The number of aliphatic imine (C=N–C) groups is 1. The number of anilines is 1. The number of nitrogens with one attached hydrogen (secondary N) is 1. The number of aromatic nitrogens is 3. The Morgan fingerprint density at radius 3 is 2.76 bits per heavy atom. The minimum absolute atomic E-state index is 0.0886. The number of nitrogens with zero attached hydrogens (tertiary/aromatic N) is 4. The molecule has 33 heavy (non-hydrogen) atoms. The van der Waals surface area contributed by atoms with E-state index >= 15 is 0 Å². The molecule has 164 valence electrons. The average Bonchev–Trinajstić information content (AvgIpc) is 2.84. The molecule has 1 atom stereocenters. The second-order valence-corrected chi connectivity index (χ2v) is 7.91. The van der Waals surface area contributed by atoms with Crippen LogP contribution in [0.15, 0.2) is 78.1 Å². The second kappa shape index (κ2) is 8.86. The van der Waals surface area contributed by atoms with Gasteiger partial charge < -0.3 is 5.32 Å². The molecule has 5 rings (SSSR count). The summed E-state index contributed by atoms with van der Waals surface area (Å²) in [5.41, 5.74) is 3.21. The highest BCUT2D eigenvalue weighted by Gasteiger charge is 2.16. The van der Waals surface area contributed by atoms with Crippen molar-refractivity contribution in [3.63, 3.8) is 0 Å². The van der Waals surface area contributed by atoms with Crippen molar-refractivity contribution in [2.75, 3.05) is 11.9 Å². The van der Waals surface area contributed by atoms with Crippen molar-refractivity contribution < 1.29 is 8.78 Å². The molecule has 2 aromatic carbocycles. The van der Waals surface area contributed by atoms with Crippen molar-refractivity contribution in [3.8, 4) is 22.5 Å². The zero-order valence-corrected chi connectivity index (χ0v) is 18.0. The Hall–Kier alpha value is -4.00. The normalized spacial score (nSPS) is 15.5. The summed E-state index contributed by atoms with van der Waals surface area (Å²) in [5, 5.41) is 4.13. The largest absolute Gasteiger partial charge is 0.367 e. The van der Waals surface area contributed by atoms with E-state index in [-0.39, 0.29) is 11.6 Å². The monoisotopic (exact) mass is 441 g/mol. The molecule has 1 aliphatic rings. The maximum absolute atomic E-state index is 14.5. The van der Waals surface area contributed by atoms with E-state index < -0.39 is 11.6 Å². The highest BCUT2D eigenvalue weighted by molar-refractivity contribution is 5.94. The van der Waals surface area contributed by atoms with E-state index in [1.165, 1.54) is 6.07 Å². The van der Waals surface area contributed by atoms with Crippen molar-refractivity contribution in [1.29, 1.82) is 0 Å². The third-order valence-electron chi connectivity index (χ3n) is 5.54. The summed E-state index contributed by atoms with van der Waals surface area (Å²) in [6.07, 6.45) is 8.36. The van der Waals surface area contributed by atoms with Crippen LogP contribution in [0.2, 0.25) is 0 Å². The summed E-state index contributed by atoms with van der Waals surface area (Å²) in [6, 6.07) is 13.3. The Labute approximate surface area is 190 Å². The number of rotatable bonds is 5. The molecule has 0 saturated heterocycles. The van der Waals surface area contributed by atoms with E-state index in [0.717, 1.165) is 29.1 Å². The molecule has 1 aliphatic heterocycles. The predicted octanol–water partition coefficient (Wildman–Crippen LogP) is 5.84. The fourth-order valence-corrected chi connectivity index (χ4v) is 3.90. The first-order valence-electron chi connectivity index (χ1n) is 10.7. The van der Waals surface area contributed by atoms with Gasteiger partial charge in [0.1, 0.15) is 5.82 Å². The van der Waals surface area contributed by atoms with Crippen molar-refractivity contribution in [3.05, 3.63) is 84.7 Å². The summed E-state index contributed by atoms with van der Waals surface area (Å²) in [4.78, 5) is 18.3. The van der Waals surface area contributed by atoms with Crippen molar-refractivity contribution in [2.45, 2.75) is 19.4 Å². The fourth-order valence-electron chi connectivity index (χ4n) is 3.90. The highest BCUT2D eigenvalue weighted by atomic mass is 19.2. The van der Waals surface area contributed by atoms with Gasteiger partial charge in [0, 0.05) is 41.2 Å². The van der Waals surface area contributed by atoms with Gasteiger partial charge in [-0.05, 0) is 55.3 Å². The van der Waals surface area contributed by atoms with Crippen LogP contribution in [0.1, 0.15) is 13.3 Å². The van der Waals surface area contributed by atoms with E-state index in [9.17, 15) is 8.78 Å². The molecule has 0 fully saturated rings. The van der Waals surface area contributed by atoms with Crippen molar-refractivity contribution in [1.82, 2.24) is 15.0 Å². The SMILES string of the molecule is CC1=NC(CNc2nc(-c3cccnc3)nc3ccc(-c4cccc(F)c4F)cc23)CC=C1. The molecule has 1 unspecified atom stereocenters. The molecule has 1 N–H and O–H groups in total. The molecular formula is C26H21F2N5. The van der Waals surface area contributed by atoms with E-state index in [2.05, 4.69) is 21.4 Å². The number of allylic oxidation sites excluding steroid dienone is 1. The topological polar surface area (TPSA) is 63.1 Å². The number of fused-ring (bicyclic) bond motifs is 1. The summed E-state index contributed by atoms with van der Waals surface area (Å²) >= 11 is 0. The maximum Gasteiger partial charge on any atom is 0.166 e. The first kappa shape index (κ1) is 20.9. The number of hydrogen-bond donors (Lipinski definition) is 1. The van der Waals surface area contributed by atoms with Crippen LogP contribution in [0, 0.1) is 11.6 Å². The van der Waals surface area contributed by atoms with Gasteiger partial charge in [-0.1, -0.05) is 24.3 Å². The van der Waals surface area contributed by atoms with Crippen molar-refractivity contribution >= 4 is 22.4 Å². The van der Waals surface area contributed by atoms with Gasteiger partial charge in [0.05, 0.1) is 11.6 Å². The molecule has 0 radical (unpaired) electrons. The minimum Gasteiger partial charge on any atom is -0.367 e. The Morgan fingerprint density at radius 1 is 1.03 bits per heavy atom. The Bertz CT molecular complexity index is 1380. The van der Waals surface area contributed by atoms with E-state index in [0.29, 0.717) is 29.3 Å². The Kier molecular flexibility index (Phi) is 5.60. The summed E-state index contributed by atoms with van der Waals surface area (Å²) < 4.78 is 28.3. The fraction of sp³-hybridized carbons (Fsp3) is 0.154. The van der Waals surface area contributed by atoms with Crippen LogP contribution in [-0.2, 0) is 0 Å². The smallest absolute Gasteiger partial charge is 0.166 e. The summed E-state index contributed by atoms with van der Waals surface area (Å²) in [7, 11) is 0. The number of pyridine rings is 1. The molecule has 0 amide bonds. The lowest BCUT2D eigenvalue weighted by molar-refractivity contribution is 0.511. The third kappa shape index (κ3) is 4.35. The summed E-state index contributed by atoms with van der Waals surface area (Å²) in [5.74, 6) is -0.614. The number of hydrogen-bond acceptors (Lipinski definition) is 5. The van der Waals surface area contributed by atoms with Crippen LogP contribution in [0.5, 0.6) is 0 Å². The van der Waals surface area contributed by atoms with Gasteiger partial charge in [-0.3, -0.25) is 9.98 Å². The zero-order valence-electron chi connectivity index (χ0n) is 18.0. The third-order valence-corrected chi connectivity index (χ3v) is 5.54. The number of halogens is 2. The molecule has 7 heteroatoms. The Morgan fingerprint density at radius 2 is 1.94 bits per heavy atom. The van der Waals surface area contributed by atoms with Gasteiger partial charge in [-0.25, -0.2) is 18.7 Å². The Balaban J connectivity index is 1.59. The number of benzene rings is 2. The van der Waals surface area contributed by atoms with E-state index in [1.54, 1.807) is 36.7 Å². The van der Waals surface area contributed by atoms with Gasteiger partial charge in [0.2, 0.25) is 0 Å². The van der Waals surface area contributed by atoms with Gasteiger partial charge in [0.15, 0.2) is 17.5 Å². The molecule has 3 heterocycles. The maximum atomic E-state index is 14.5. The molecule has 0 aliphatic carbocycles. The van der Waals surface area contributed by atoms with Crippen LogP contribution < -0.4 is 5.32 Å². The van der Waals surface area contributed by atoms with Crippen molar-refractivity contribution in [2.24, 2.45) is 4.99 Å². The summed E-state index contributed by atoms with van der Waals surface area (Å²) in [6.45, 7) is 2.56. The van der Waals surface area contributed by atoms with Gasteiger partial charge in [0.25, 0.3) is 0 Å². The molecule has 4 aromatic rings. The van der Waals surface area contributed by atoms with Crippen LogP contribution >= 0.6 is 0 Å². The molecule has 5 nitrogen and oxygen atoms in total. The van der Waals surface area contributed by atoms with Gasteiger partial charge >= 0.3 is 0 Å². The van der Waals surface area contributed by atoms with Gasteiger partial charge in [-0.15, -0.1) is 0 Å². The van der Waals surface area contributed by atoms with E-state index in [4.69, 9.17) is 9.97 Å². The van der Waals surface area contributed by atoms with Crippen LogP contribution in [0.25, 0.3) is 33.4 Å². The molecule has 0 spiro atoms. The van der Waals surface area contributed by atoms with Crippen LogP contribution in [0.4, 0.5) is 14.6 Å². The molecular weight excluding hydrogens is 420 g/mol. The van der Waals surface area contributed by atoms with Crippen LogP contribution in [-0.4, -0.2) is 33.3 Å². The quantitative estimate of drug-likeness (QED) is 0.423. The predicted molar refractivity (Wildman–Crippen MR) is 127 cm³/mol. The second-order valence-electron chi connectivity index (χ2n) is 7.91. The van der Waals surface area contributed by atoms with Gasteiger partial charge in [-0.2, -0.15) is 0 Å². The molecule has 0 saturated carbocycles. The lowest BCUT2D eigenvalue weighted by Crippen LogP contribution is -2.21. The molecule has 2 aromatic heterocycles. The first-order chi connectivity index (χ1) is 16.1.